The highest BCUT2D eigenvalue weighted by Gasteiger charge is 2.52. The lowest BCUT2D eigenvalue weighted by molar-refractivity contribution is -0.134. The molecule has 1 aromatic carbocycles. The number of aliphatic hydroxyl groups is 1. The number of carbonyl (C=O) groups is 2. The molecule has 148 valence electrons. The van der Waals surface area contributed by atoms with E-state index < -0.39 is 17.7 Å². The molecule has 1 atom stereocenters. The Kier molecular flexibility index (Phi) is 6.01. The molecule has 27 heavy (non-hydrogen) atoms. The molecule has 1 unspecified atom stereocenters. The van der Waals surface area contributed by atoms with E-state index in [-0.39, 0.29) is 19.1 Å². The van der Waals surface area contributed by atoms with E-state index in [1.165, 1.54) is 0 Å². The van der Waals surface area contributed by atoms with Crippen molar-refractivity contribution in [3.63, 3.8) is 0 Å². The number of nitrogens with one attached hydrogen (secondary N) is 1. The highest BCUT2D eigenvalue weighted by atomic mass is 16.5. The summed E-state index contributed by atoms with van der Waals surface area (Å²) in [6.07, 6.45) is 2.26. The van der Waals surface area contributed by atoms with E-state index in [1.54, 1.807) is 7.11 Å². The molecule has 1 aromatic rings. The Hall–Kier alpha value is -2.12. The van der Waals surface area contributed by atoms with Crippen LogP contribution in [0.2, 0.25) is 0 Å². The number of benzene rings is 1. The Morgan fingerprint density at radius 2 is 1.93 bits per heavy atom. The predicted molar refractivity (Wildman–Crippen MR) is 99.3 cm³/mol. The van der Waals surface area contributed by atoms with Gasteiger partial charge in [-0.1, -0.05) is 19.1 Å². The molecule has 2 N–H and O–H groups in total. The molecule has 1 saturated carbocycles. The summed E-state index contributed by atoms with van der Waals surface area (Å²) in [7, 11) is 1.61. The fourth-order valence-corrected chi connectivity index (χ4v) is 3.73. The minimum atomic E-state index is -0.921. The van der Waals surface area contributed by atoms with E-state index in [9.17, 15) is 14.7 Å². The molecule has 7 nitrogen and oxygen atoms in total. The molecule has 3 amide bonds. The van der Waals surface area contributed by atoms with Crippen LogP contribution < -0.4 is 10.1 Å². The quantitative estimate of drug-likeness (QED) is 0.712. The first-order chi connectivity index (χ1) is 12.9. The second-order valence-electron chi connectivity index (χ2n) is 7.63. The molecule has 0 aromatic heterocycles. The van der Waals surface area contributed by atoms with Crippen molar-refractivity contribution in [3.05, 3.63) is 29.8 Å². The van der Waals surface area contributed by atoms with Crippen molar-refractivity contribution in [2.45, 2.75) is 50.9 Å². The number of urea groups is 1. The highest BCUT2D eigenvalue weighted by molar-refractivity contribution is 6.07. The summed E-state index contributed by atoms with van der Waals surface area (Å²) in [5.74, 6) is 1.13. The van der Waals surface area contributed by atoms with Gasteiger partial charge in [0.1, 0.15) is 11.3 Å². The van der Waals surface area contributed by atoms with Gasteiger partial charge in [-0.15, -0.1) is 0 Å². The smallest absolute Gasteiger partial charge is 0.325 e. The monoisotopic (exact) mass is 376 g/mol. The molecule has 1 spiro atoms. The van der Waals surface area contributed by atoms with Gasteiger partial charge in [0, 0.05) is 0 Å². The second-order valence-corrected chi connectivity index (χ2v) is 7.63. The lowest BCUT2D eigenvalue weighted by Crippen LogP contribution is -2.49. The van der Waals surface area contributed by atoms with Gasteiger partial charge in [-0.25, -0.2) is 4.79 Å². The summed E-state index contributed by atoms with van der Waals surface area (Å²) in [6.45, 7) is 2.50. The van der Waals surface area contributed by atoms with Gasteiger partial charge >= 0.3 is 6.03 Å². The number of imide groups is 1. The highest BCUT2D eigenvalue weighted by Crippen LogP contribution is 2.36. The van der Waals surface area contributed by atoms with Crippen LogP contribution in [0.3, 0.4) is 0 Å². The fraction of sp³-hybridized carbons (Fsp3) is 0.600. The van der Waals surface area contributed by atoms with Crippen molar-refractivity contribution >= 4 is 11.9 Å². The third-order valence-corrected chi connectivity index (χ3v) is 5.51. The number of carbonyl (C=O) groups excluding carboxylic acids is 2. The summed E-state index contributed by atoms with van der Waals surface area (Å²) < 4.78 is 10.6. The normalized spacial score (nSPS) is 26.3. The Balaban J connectivity index is 1.47. The lowest BCUT2D eigenvalue weighted by Gasteiger charge is -2.33. The number of rotatable bonds is 7. The van der Waals surface area contributed by atoms with E-state index in [0.717, 1.165) is 29.1 Å². The topological polar surface area (TPSA) is 88.1 Å². The van der Waals surface area contributed by atoms with Crippen molar-refractivity contribution in [2.75, 3.05) is 20.3 Å². The van der Waals surface area contributed by atoms with E-state index in [4.69, 9.17) is 9.47 Å². The summed E-state index contributed by atoms with van der Waals surface area (Å²) in [4.78, 5) is 26.2. The Morgan fingerprint density at radius 1 is 1.26 bits per heavy atom. The van der Waals surface area contributed by atoms with Gasteiger partial charge in [-0.2, -0.15) is 0 Å². The molecule has 0 radical (unpaired) electrons. The summed E-state index contributed by atoms with van der Waals surface area (Å²) in [5, 5.41) is 13.1. The summed E-state index contributed by atoms with van der Waals surface area (Å²) in [5.41, 5.74) is 0.182. The van der Waals surface area contributed by atoms with Gasteiger partial charge in [-0.05, 0) is 49.3 Å². The van der Waals surface area contributed by atoms with Crippen molar-refractivity contribution in [1.82, 2.24) is 10.2 Å². The van der Waals surface area contributed by atoms with Crippen LogP contribution in [0.4, 0.5) is 4.79 Å². The average Bonchev–Trinajstić information content (AvgIpc) is 2.89. The molecule has 2 fully saturated rings. The van der Waals surface area contributed by atoms with Gasteiger partial charge in [0.15, 0.2) is 0 Å². The first-order valence-electron chi connectivity index (χ1n) is 9.46. The van der Waals surface area contributed by atoms with Crippen LogP contribution in [0.5, 0.6) is 5.75 Å². The molecule has 2 aliphatic rings. The van der Waals surface area contributed by atoms with Crippen LogP contribution in [-0.2, 0) is 16.1 Å². The molecule has 7 heteroatoms. The molecule has 1 heterocycles. The lowest BCUT2D eigenvalue weighted by atomic mass is 9.77. The maximum atomic E-state index is 12.8. The van der Waals surface area contributed by atoms with Crippen LogP contribution in [0, 0.1) is 5.92 Å². The molecule has 1 aliphatic carbocycles. The molecule has 3 rings (SSSR count). The van der Waals surface area contributed by atoms with Crippen LogP contribution >= 0.6 is 0 Å². The fourth-order valence-electron chi connectivity index (χ4n) is 3.73. The van der Waals surface area contributed by atoms with Crippen LogP contribution in [0.25, 0.3) is 0 Å². The number of nitrogens with zero attached hydrogens (tertiary/aromatic N) is 1. The minimum Gasteiger partial charge on any atom is -0.497 e. The van der Waals surface area contributed by atoms with Crippen molar-refractivity contribution in [3.8, 4) is 5.75 Å². The molecular formula is C20H28N2O5. The van der Waals surface area contributed by atoms with Crippen molar-refractivity contribution in [1.29, 1.82) is 0 Å². The SMILES string of the molecule is COc1ccc(COCC(O)CN2C(=O)NC3(CCC(C)CC3)C2=O)cc1. The number of methoxy groups -OCH3 is 1. The van der Waals surface area contributed by atoms with Gasteiger partial charge in [0.25, 0.3) is 5.91 Å². The first kappa shape index (κ1) is 19.6. The third kappa shape index (κ3) is 4.42. The number of ether oxygens (including phenoxy) is 2. The van der Waals surface area contributed by atoms with Crippen molar-refractivity contribution in [2.24, 2.45) is 5.92 Å². The largest absolute Gasteiger partial charge is 0.497 e. The molecule has 1 aliphatic heterocycles. The minimum absolute atomic E-state index is 0.0487. The zero-order valence-electron chi connectivity index (χ0n) is 15.9. The summed E-state index contributed by atoms with van der Waals surface area (Å²) in [6, 6.07) is 7.04. The number of hydrogen-bond donors (Lipinski definition) is 2. The zero-order chi connectivity index (χ0) is 19.4. The van der Waals surface area contributed by atoms with Crippen molar-refractivity contribution < 1.29 is 24.2 Å². The molecule has 0 bridgehead atoms. The second kappa shape index (κ2) is 8.27. The number of β-amino-alcohol motifs (C(OH)–C–C–N with tert-alkyl or cyclic N) is 1. The standard InChI is InChI=1S/C20H28N2O5/c1-14-7-9-20(10-8-14)18(24)22(19(25)21-20)11-16(23)13-27-12-15-3-5-17(26-2)6-4-15/h3-6,14,16,23H,7-13H2,1-2H3,(H,21,25). The zero-order valence-corrected chi connectivity index (χ0v) is 15.9. The Morgan fingerprint density at radius 3 is 2.56 bits per heavy atom. The van der Waals surface area contributed by atoms with E-state index in [1.807, 2.05) is 24.3 Å². The van der Waals surface area contributed by atoms with Gasteiger partial charge in [0.2, 0.25) is 0 Å². The Labute approximate surface area is 159 Å². The summed E-state index contributed by atoms with van der Waals surface area (Å²) >= 11 is 0. The van der Waals surface area contributed by atoms with Crippen LogP contribution in [0.1, 0.15) is 38.2 Å². The van der Waals surface area contributed by atoms with E-state index in [2.05, 4.69) is 12.2 Å². The number of aliphatic hydroxyl groups excluding tert-OH is 1. The van der Waals surface area contributed by atoms with Gasteiger partial charge < -0.3 is 19.9 Å². The van der Waals surface area contributed by atoms with Crippen LogP contribution in [-0.4, -0.2) is 53.8 Å². The average molecular weight is 376 g/mol. The Bertz CT molecular complexity index is 667. The number of hydrogen-bond acceptors (Lipinski definition) is 5. The third-order valence-electron chi connectivity index (χ3n) is 5.51. The van der Waals surface area contributed by atoms with E-state index >= 15 is 0 Å². The van der Waals surface area contributed by atoms with E-state index in [0.29, 0.717) is 25.4 Å². The van der Waals surface area contributed by atoms with Crippen LogP contribution in [0.15, 0.2) is 24.3 Å². The molecule has 1 saturated heterocycles. The maximum absolute atomic E-state index is 12.8. The predicted octanol–water partition coefficient (Wildman–Crippen LogP) is 2.07. The number of amides is 3. The van der Waals surface area contributed by atoms with Gasteiger partial charge in [0.05, 0.1) is 33.0 Å². The maximum Gasteiger partial charge on any atom is 0.325 e. The van der Waals surface area contributed by atoms with Gasteiger partial charge in [-0.3, -0.25) is 9.69 Å². The molecular weight excluding hydrogens is 348 g/mol. The first-order valence-corrected chi connectivity index (χ1v) is 9.46.